The van der Waals surface area contributed by atoms with Crippen LogP contribution in [0.2, 0.25) is 0 Å². The fourth-order valence-electron chi connectivity index (χ4n) is 3.60. The number of nitrogens with zero attached hydrogens (tertiary/aromatic N) is 2. The molecule has 0 spiro atoms. The zero-order chi connectivity index (χ0) is 19.6. The number of hydrogen-bond acceptors (Lipinski definition) is 4. The van der Waals surface area contributed by atoms with Gasteiger partial charge in [0.05, 0.1) is 17.7 Å². The van der Waals surface area contributed by atoms with Crippen molar-refractivity contribution in [1.82, 2.24) is 9.21 Å². The third-order valence-corrected chi connectivity index (χ3v) is 7.16. The molecular weight excluding hydrogens is 364 g/mol. The number of aryl methyl sites for hydroxylation is 2. The van der Waals surface area contributed by atoms with Crippen LogP contribution in [-0.4, -0.2) is 43.7 Å². The Hall–Kier alpha value is -2.12. The van der Waals surface area contributed by atoms with Crippen LogP contribution in [0.15, 0.2) is 45.9 Å². The lowest BCUT2D eigenvalue weighted by molar-refractivity contribution is -0.136. The minimum absolute atomic E-state index is 0.0370. The Bertz CT molecular complexity index is 898. The van der Waals surface area contributed by atoms with Crippen molar-refractivity contribution in [3.8, 4) is 0 Å². The van der Waals surface area contributed by atoms with Crippen molar-refractivity contribution in [2.75, 3.05) is 20.1 Å². The van der Waals surface area contributed by atoms with Crippen molar-refractivity contribution in [3.05, 3.63) is 53.5 Å². The van der Waals surface area contributed by atoms with Crippen molar-refractivity contribution >= 4 is 15.9 Å². The minimum atomic E-state index is -3.53. The first-order chi connectivity index (χ1) is 12.8. The SMILES string of the molecule is Cc1ccc(S(=O)(=O)N2CCC(C(=O)N(C)Cc3ccco3)CC2)c(C)c1. The van der Waals surface area contributed by atoms with Gasteiger partial charge in [-0.1, -0.05) is 17.7 Å². The third kappa shape index (κ3) is 4.25. The molecule has 0 bridgehead atoms. The molecule has 0 radical (unpaired) electrons. The second kappa shape index (κ2) is 7.86. The van der Waals surface area contributed by atoms with Gasteiger partial charge in [0.25, 0.3) is 0 Å². The molecule has 1 saturated heterocycles. The molecule has 1 aromatic carbocycles. The van der Waals surface area contributed by atoms with Gasteiger partial charge < -0.3 is 9.32 Å². The van der Waals surface area contributed by atoms with Gasteiger partial charge in [0.2, 0.25) is 15.9 Å². The summed E-state index contributed by atoms with van der Waals surface area (Å²) < 4.78 is 32.7. The van der Waals surface area contributed by atoms with E-state index in [0.29, 0.717) is 37.4 Å². The molecule has 2 aromatic rings. The molecule has 0 N–H and O–H groups in total. The number of benzene rings is 1. The van der Waals surface area contributed by atoms with Crippen molar-refractivity contribution in [3.63, 3.8) is 0 Å². The van der Waals surface area contributed by atoms with E-state index in [4.69, 9.17) is 4.42 Å². The van der Waals surface area contributed by atoms with E-state index in [1.165, 1.54) is 4.31 Å². The summed E-state index contributed by atoms with van der Waals surface area (Å²) in [6, 6.07) is 9.01. The Morgan fingerprint density at radius 3 is 2.52 bits per heavy atom. The Balaban J connectivity index is 1.63. The van der Waals surface area contributed by atoms with Crippen molar-refractivity contribution in [1.29, 1.82) is 0 Å². The Morgan fingerprint density at radius 2 is 1.93 bits per heavy atom. The maximum Gasteiger partial charge on any atom is 0.243 e. The van der Waals surface area contributed by atoms with Gasteiger partial charge in [-0.15, -0.1) is 0 Å². The molecule has 1 aliphatic heterocycles. The average Bonchev–Trinajstić information content (AvgIpc) is 3.14. The van der Waals surface area contributed by atoms with Crippen LogP contribution in [0.5, 0.6) is 0 Å². The molecule has 146 valence electrons. The highest BCUT2D eigenvalue weighted by atomic mass is 32.2. The van der Waals surface area contributed by atoms with E-state index in [1.54, 1.807) is 30.3 Å². The first-order valence-electron chi connectivity index (χ1n) is 9.14. The third-order valence-electron chi connectivity index (χ3n) is 5.10. The molecule has 1 amide bonds. The molecule has 1 aliphatic rings. The van der Waals surface area contributed by atoms with Crippen LogP contribution in [0, 0.1) is 19.8 Å². The van der Waals surface area contributed by atoms with Crippen molar-refractivity contribution < 1.29 is 17.6 Å². The van der Waals surface area contributed by atoms with Crippen LogP contribution in [0.3, 0.4) is 0 Å². The normalized spacial score (nSPS) is 16.4. The highest BCUT2D eigenvalue weighted by Gasteiger charge is 2.33. The molecule has 0 atom stereocenters. The summed E-state index contributed by atoms with van der Waals surface area (Å²) >= 11 is 0. The summed E-state index contributed by atoms with van der Waals surface area (Å²) in [6.45, 7) is 4.91. The molecular formula is C20H26N2O4S. The molecule has 2 heterocycles. The molecule has 0 aliphatic carbocycles. The monoisotopic (exact) mass is 390 g/mol. The van der Waals surface area contributed by atoms with E-state index in [1.807, 2.05) is 32.0 Å². The maximum atomic E-state index is 13.0. The summed E-state index contributed by atoms with van der Waals surface area (Å²) in [6.07, 6.45) is 2.65. The highest BCUT2D eigenvalue weighted by Crippen LogP contribution is 2.27. The van der Waals surface area contributed by atoms with Gasteiger partial charge in [0.1, 0.15) is 5.76 Å². The first-order valence-corrected chi connectivity index (χ1v) is 10.6. The Morgan fingerprint density at radius 1 is 1.22 bits per heavy atom. The summed E-state index contributed by atoms with van der Waals surface area (Å²) in [5.74, 6) is 0.617. The second-order valence-electron chi connectivity index (χ2n) is 7.22. The second-order valence-corrected chi connectivity index (χ2v) is 9.13. The lowest BCUT2D eigenvalue weighted by atomic mass is 9.96. The maximum absolute atomic E-state index is 13.0. The highest BCUT2D eigenvalue weighted by molar-refractivity contribution is 7.89. The quantitative estimate of drug-likeness (QED) is 0.787. The standard InChI is InChI=1S/C20H26N2O4S/c1-15-6-7-19(16(2)13-15)27(24,25)22-10-8-17(9-11-22)20(23)21(3)14-18-5-4-12-26-18/h4-7,12-13,17H,8-11,14H2,1-3H3. The Labute approximate surface area is 160 Å². The van der Waals surface area contributed by atoms with E-state index in [0.717, 1.165) is 16.9 Å². The van der Waals surface area contributed by atoms with Crippen LogP contribution < -0.4 is 0 Å². The number of sulfonamides is 1. The fraction of sp³-hybridized carbons (Fsp3) is 0.450. The van der Waals surface area contributed by atoms with E-state index in [9.17, 15) is 13.2 Å². The van der Waals surface area contributed by atoms with Gasteiger partial charge in [-0.05, 0) is 50.5 Å². The molecule has 7 heteroatoms. The Kier molecular flexibility index (Phi) is 5.72. The molecule has 1 fully saturated rings. The van der Waals surface area contributed by atoms with Crippen molar-refractivity contribution in [2.45, 2.75) is 38.1 Å². The molecule has 1 aromatic heterocycles. The zero-order valence-electron chi connectivity index (χ0n) is 16.0. The first kappa shape index (κ1) is 19.6. The van der Waals surface area contributed by atoms with Crippen molar-refractivity contribution in [2.24, 2.45) is 5.92 Å². The lowest BCUT2D eigenvalue weighted by Crippen LogP contribution is -2.43. The van der Waals surface area contributed by atoms with Gasteiger partial charge in [-0.2, -0.15) is 4.31 Å². The topological polar surface area (TPSA) is 70.8 Å². The zero-order valence-corrected chi connectivity index (χ0v) is 16.8. The summed E-state index contributed by atoms with van der Waals surface area (Å²) in [5, 5.41) is 0. The number of rotatable bonds is 5. The number of carbonyl (C=O) groups excluding carboxylic acids is 1. The van der Waals surface area contributed by atoms with E-state index in [2.05, 4.69) is 0 Å². The average molecular weight is 391 g/mol. The van der Waals surface area contributed by atoms with Crippen LogP contribution in [0.25, 0.3) is 0 Å². The summed E-state index contributed by atoms with van der Waals surface area (Å²) in [5.41, 5.74) is 1.79. The molecule has 0 unspecified atom stereocenters. The number of hydrogen-bond donors (Lipinski definition) is 0. The van der Waals surface area contributed by atoms with E-state index >= 15 is 0 Å². The van der Waals surface area contributed by atoms with Crippen LogP contribution in [-0.2, 0) is 21.4 Å². The lowest BCUT2D eigenvalue weighted by Gasteiger charge is -2.32. The van der Waals surface area contributed by atoms with Gasteiger partial charge in [-0.3, -0.25) is 4.79 Å². The molecule has 3 rings (SSSR count). The predicted octanol–water partition coefficient (Wildman–Crippen LogP) is 2.96. The molecule has 0 saturated carbocycles. The fourth-order valence-corrected chi connectivity index (χ4v) is 5.27. The smallest absolute Gasteiger partial charge is 0.243 e. The van der Waals surface area contributed by atoms with Gasteiger partial charge >= 0.3 is 0 Å². The summed E-state index contributed by atoms with van der Waals surface area (Å²) in [4.78, 5) is 14.7. The van der Waals surface area contributed by atoms with Crippen LogP contribution >= 0.6 is 0 Å². The number of piperidine rings is 1. The largest absolute Gasteiger partial charge is 0.467 e. The minimum Gasteiger partial charge on any atom is -0.467 e. The van der Waals surface area contributed by atoms with Crippen LogP contribution in [0.1, 0.15) is 29.7 Å². The predicted molar refractivity (Wildman–Crippen MR) is 103 cm³/mol. The molecule has 6 nitrogen and oxygen atoms in total. The number of furan rings is 1. The summed E-state index contributed by atoms with van der Waals surface area (Å²) in [7, 11) is -1.77. The number of amides is 1. The number of carbonyl (C=O) groups is 1. The van der Waals surface area contributed by atoms with E-state index in [-0.39, 0.29) is 11.8 Å². The van der Waals surface area contributed by atoms with Gasteiger partial charge in [0, 0.05) is 26.1 Å². The van der Waals surface area contributed by atoms with Crippen LogP contribution in [0.4, 0.5) is 0 Å². The van der Waals surface area contributed by atoms with E-state index < -0.39 is 10.0 Å². The molecule has 27 heavy (non-hydrogen) atoms. The van der Waals surface area contributed by atoms with Gasteiger partial charge in [-0.25, -0.2) is 8.42 Å². The van der Waals surface area contributed by atoms with Gasteiger partial charge in [0.15, 0.2) is 0 Å².